The van der Waals surface area contributed by atoms with Crippen molar-refractivity contribution in [2.75, 3.05) is 20.3 Å². The van der Waals surface area contributed by atoms with Gasteiger partial charge >= 0.3 is 5.97 Å². The summed E-state index contributed by atoms with van der Waals surface area (Å²) in [5.41, 5.74) is 0. The number of carboxylic acid groups (broad SMARTS) is 1. The van der Waals surface area contributed by atoms with Gasteiger partial charge in [0.15, 0.2) is 0 Å². The molecule has 1 heterocycles. The summed E-state index contributed by atoms with van der Waals surface area (Å²) in [6.45, 7) is 0.489. The van der Waals surface area contributed by atoms with Gasteiger partial charge in [-0.15, -0.1) is 0 Å². The first-order valence-corrected chi connectivity index (χ1v) is 4.68. The minimum atomic E-state index is -0.922. The van der Waals surface area contributed by atoms with Crippen molar-refractivity contribution in [3.63, 3.8) is 0 Å². The number of methoxy groups -OCH3 is 1. The van der Waals surface area contributed by atoms with E-state index in [1.54, 1.807) is 0 Å². The first-order valence-electron chi connectivity index (χ1n) is 4.68. The fourth-order valence-electron chi connectivity index (χ4n) is 1.69. The molecule has 1 amide bonds. The summed E-state index contributed by atoms with van der Waals surface area (Å²) in [5, 5.41) is 8.89. The van der Waals surface area contributed by atoms with Gasteiger partial charge in [-0.05, 0) is 19.3 Å². The molecule has 1 N–H and O–H groups in total. The van der Waals surface area contributed by atoms with Crippen molar-refractivity contribution in [3.8, 4) is 0 Å². The Bertz CT molecular complexity index is 229. The summed E-state index contributed by atoms with van der Waals surface area (Å²) in [7, 11) is 1.43. The third-order valence-corrected chi connectivity index (χ3v) is 2.38. The van der Waals surface area contributed by atoms with Crippen LogP contribution < -0.4 is 0 Å². The van der Waals surface area contributed by atoms with E-state index in [4.69, 9.17) is 9.84 Å². The van der Waals surface area contributed by atoms with E-state index in [-0.39, 0.29) is 12.5 Å². The molecule has 1 unspecified atom stereocenters. The second-order valence-electron chi connectivity index (χ2n) is 3.37. The Hall–Kier alpha value is -1.10. The van der Waals surface area contributed by atoms with Crippen LogP contribution in [0.3, 0.4) is 0 Å². The number of carbonyl (C=O) groups is 2. The normalized spacial score (nSPS) is 22.1. The van der Waals surface area contributed by atoms with Crippen molar-refractivity contribution in [1.29, 1.82) is 0 Å². The summed E-state index contributed by atoms with van der Waals surface area (Å²) in [6, 6.07) is -0.661. The van der Waals surface area contributed by atoms with Gasteiger partial charge < -0.3 is 14.7 Å². The second kappa shape index (κ2) is 4.95. The zero-order valence-electron chi connectivity index (χ0n) is 8.23. The summed E-state index contributed by atoms with van der Waals surface area (Å²) in [4.78, 5) is 23.7. The van der Waals surface area contributed by atoms with Crippen LogP contribution in [-0.4, -0.2) is 48.2 Å². The van der Waals surface area contributed by atoms with E-state index >= 15 is 0 Å². The summed E-state index contributed by atoms with van der Waals surface area (Å²) in [5.74, 6) is -1.16. The van der Waals surface area contributed by atoms with Gasteiger partial charge in [-0.2, -0.15) is 0 Å². The molecule has 1 rings (SSSR count). The highest BCUT2D eigenvalue weighted by Gasteiger charge is 2.31. The van der Waals surface area contributed by atoms with Gasteiger partial charge in [0.1, 0.15) is 12.6 Å². The van der Waals surface area contributed by atoms with Crippen LogP contribution >= 0.6 is 0 Å². The van der Waals surface area contributed by atoms with Crippen LogP contribution in [0.5, 0.6) is 0 Å². The lowest BCUT2D eigenvalue weighted by atomic mass is 10.0. The first kappa shape index (κ1) is 11.0. The predicted molar refractivity (Wildman–Crippen MR) is 48.9 cm³/mol. The molecule has 14 heavy (non-hydrogen) atoms. The van der Waals surface area contributed by atoms with Gasteiger partial charge in [-0.3, -0.25) is 4.79 Å². The molecule has 0 aromatic rings. The van der Waals surface area contributed by atoms with Crippen molar-refractivity contribution < 1.29 is 19.4 Å². The molecule has 5 heteroatoms. The minimum Gasteiger partial charge on any atom is -0.480 e. The number of piperidine rings is 1. The third-order valence-electron chi connectivity index (χ3n) is 2.38. The predicted octanol–water partition coefficient (Wildman–Crippen LogP) is 0.0985. The average molecular weight is 201 g/mol. The van der Waals surface area contributed by atoms with E-state index in [1.165, 1.54) is 12.0 Å². The zero-order chi connectivity index (χ0) is 10.6. The number of likely N-dealkylation sites (tertiary alicyclic amines) is 1. The maximum Gasteiger partial charge on any atom is 0.326 e. The quantitative estimate of drug-likeness (QED) is 0.703. The molecule has 0 spiro atoms. The van der Waals surface area contributed by atoms with Gasteiger partial charge in [0.05, 0.1) is 0 Å². The van der Waals surface area contributed by atoms with Gasteiger partial charge in [0.25, 0.3) is 0 Å². The smallest absolute Gasteiger partial charge is 0.326 e. The van der Waals surface area contributed by atoms with Crippen molar-refractivity contribution >= 4 is 11.9 Å². The Morgan fingerprint density at radius 3 is 2.79 bits per heavy atom. The van der Waals surface area contributed by atoms with Crippen molar-refractivity contribution in [2.45, 2.75) is 25.3 Å². The number of ether oxygens (including phenoxy) is 1. The largest absolute Gasteiger partial charge is 0.480 e. The lowest BCUT2D eigenvalue weighted by molar-refractivity contribution is -0.153. The molecule has 1 saturated heterocycles. The van der Waals surface area contributed by atoms with Crippen LogP contribution in [0.25, 0.3) is 0 Å². The van der Waals surface area contributed by atoms with Crippen LogP contribution in [0.2, 0.25) is 0 Å². The van der Waals surface area contributed by atoms with Crippen molar-refractivity contribution in [1.82, 2.24) is 4.90 Å². The van der Waals surface area contributed by atoms with Crippen LogP contribution in [0, 0.1) is 0 Å². The van der Waals surface area contributed by atoms with Crippen molar-refractivity contribution in [2.24, 2.45) is 0 Å². The fraction of sp³-hybridized carbons (Fsp3) is 0.778. The number of hydrogen-bond acceptors (Lipinski definition) is 3. The number of carbonyl (C=O) groups excluding carboxylic acids is 1. The zero-order valence-corrected chi connectivity index (χ0v) is 8.23. The molecular weight excluding hydrogens is 186 g/mol. The van der Waals surface area contributed by atoms with E-state index < -0.39 is 12.0 Å². The number of aliphatic carboxylic acids is 1. The molecule has 0 bridgehead atoms. The van der Waals surface area contributed by atoms with Crippen molar-refractivity contribution in [3.05, 3.63) is 0 Å². The van der Waals surface area contributed by atoms with E-state index in [0.29, 0.717) is 13.0 Å². The molecule has 0 aliphatic carbocycles. The molecule has 0 saturated carbocycles. The molecular formula is C9H15NO4. The van der Waals surface area contributed by atoms with Gasteiger partial charge in [0, 0.05) is 13.7 Å². The molecule has 1 atom stereocenters. The average Bonchev–Trinajstić information content (AvgIpc) is 2.18. The number of amides is 1. The molecule has 0 aromatic carbocycles. The SMILES string of the molecule is COCC(=O)N1CCCCC1C(=O)O. The minimum absolute atomic E-state index is 0.0379. The molecule has 0 radical (unpaired) electrons. The standard InChI is InChI=1S/C9H15NO4/c1-14-6-8(11)10-5-3-2-4-7(10)9(12)13/h7H,2-6H2,1H3,(H,12,13). The lowest BCUT2D eigenvalue weighted by Crippen LogP contribution is -2.49. The Kier molecular flexibility index (Phi) is 3.88. The Morgan fingerprint density at radius 1 is 1.50 bits per heavy atom. The topological polar surface area (TPSA) is 66.8 Å². The lowest BCUT2D eigenvalue weighted by Gasteiger charge is -2.32. The maximum absolute atomic E-state index is 11.5. The molecule has 1 fully saturated rings. The molecule has 1 aliphatic rings. The molecule has 0 aromatic heterocycles. The summed E-state index contributed by atoms with van der Waals surface area (Å²) >= 11 is 0. The first-order chi connectivity index (χ1) is 6.66. The van der Waals surface area contributed by atoms with Crippen LogP contribution in [0.15, 0.2) is 0 Å². The van der Waals surface area contributed by atoms with Gasteiger partial charge in [0.2, 0.25) is 5.91 Å². The highest BCUT2D eigenvalue weighted by Crippen LogP contribution is 2.17. The maximum atomic E-state index is 11.5. The number of carboxylic acids is 1. The van der Waals surface area contributed by atoms with E-state index in [9.17, 15) is 9.59 Å². The van der Waals surface area contributed by atoms with Gasteiger partial charge in [-0.25, -0.2) is 4.79 Å². The number of hydrogen-bond donors (Lipinski definition) is 1. The van der Waals surface area contributed by atoms with E-state index in [2.05, 4.69) is 0 Å². The molecule has 80 valence electrons. The molecule has 1 aliphatic heterocycles. The highest BCUT2D eigenvalue weighted by molar-refractivity contribution is 5.84. The number of rotatable bonds is 3. The van der Waals surface area contributed by atoms with Crippen LogP contribution in [0.1, 0.15) is 19.3 Å². The molecule has 5 nitrogen and oxygen atoms in total. The Morgan fingerprint density at radius 2 is 2.21 bits per heavy atom. The van der Waals surface area contributed by atoms with Gasteiger partial charge in [-0.1, -0.05) is 0 Å². The fourth-order valence-corrected chi connectivity index (χ4v) is 1.69. The Balaban J connectivity index is 2.62. The third kappa shape index (κ3) is 2.45. The second-order valence-corrected chi connectivity index (χ2v) is 3.37. The summed E-state index contributed by atoms with van der Waals surface area (Å²) < 4.78 is 4.70. The van der Waals surface area contributed by atoms with E-state index in [1.807, 2.05) is 0 Å². The van der Waals surface area contributed by atoms with E-state index in [0.717, 1.165) is 12.8 Å². The number of nitrogens with zero attached hydrogens (tertiary/aromatic N) is 1. The Labute approximate surface area is 82.6 Å². The van der Waals surface area contributed by atoms with Crippen LogP contribution in [0.4, 0.5) is 0 Å². The highest BCUT2D eigenvalue weighted by atomic mass is 16.5. The van der Waals surface area contributed by atoms with Crippen LogP contribution in [-0.2, 0) is 14.3 Å². The summed E-state index contributed by atoms with van der Waals surface area (Å²) in [6.07, 6.45) is 2.29. The monoisotopic (exact) mass is 201 g/mol.